The molecule has 0 N–H and O–H groups in total. The molecule has 6 nitrogen and oxygen atoms in total. The number of rotatable bonds is 2. The smallest absolute Gasteiger partial charge is 0.274 e. The van der Waals surface area contributed by atoms with Crippen LogP contribution in [0.5, 0.6) is 0 Å². The van der Waals surface area contributed by atoms with E-state index in [0.717, 1.165) is 21.1 Å². The monoisotopic (exact) mass is 447 g/mol. The number of carbonyl (C=O) groups excluding carboxylic acids is 1. The van der Waals surface area contributed by atoms with Crippen LogP contribution < -0.4 is 0 Å². The summed E-state index contributed by atoms with van der Waals surface area (Å²) < 4.78 is 26.7. The number of hydrogen-bond donors (Lipinski definition) is 0. The number of pyridine rings is 1. The highest BCUT2D eigenvalue weighted by Crippen LogP contribution is 2.34. The first-order chi connectivity index (χ1) is 12.8. The average Bonchev–Trinajstić information content (AvgIpc) is 3.03. The summed E-state index contributed by atoms with van der Waals surface area (Å²) in [6.07, 6.45) is 3.53. The van der Waals surface area contributed by atoms with Gasteiger partial charge in [0.2, 0.25) is 0 Å². The van der Waals surface area contributed by atoms with Gasteiger partial charge in [-0.15, -0.1) is 0 Å². The number of halogens is 1. The van der Waals surface area contributed by atoms with Crippen molar-refractivity contribution in [3.63, 3.8) is 0 Å². The Morgan fingerprint density at radius 1 is 1.26 bits per heavy atom. The number of fused-ring (bicyclic) bond motifs is 2. The van der Waals surface area contributed by atoms with E-state index >= 15 is 0 Å². The standard InChI is InChI=1S/C19H18BrN3O3S/c1-12-15-4-3-5-18(27(2,25)26)16(15)8-9-22(12)19(24)17-10-14-7-6-13(20)11-23(14)21-17/h3-7,10-12H,8-9H2,1-2H3. The van der Waals surface area contributed by atoms with Crippen molar-refractivity contribution in [2.24, 2.45) is 0 Å². The summed E-state index contributed by atoms with van der Waals surface area (Å²) in [5.74, 6) is -0.155. The molecule has 0 aliphatic carbocycles. The average molecular weight is 448 g/mol. The molecule has 1 aromatic carbocycles. The van der Waals surface area contributed by atoms with E-state index in [2.05, 4.69) is 21.0 Å². The molecule has 8 heteroatoms. The highest BCUT2D eigenvalue weighted by Gasteiger charge is 2.32. The summed E-state index contributed by atoms with van der Waals surface area (Å²) in [6, 6.07) is 10.6. The van der Waals surface area contributed by atoms with Gasteiger partial charge in [0.05, 0.1) is 16.5 Å². The molecule has 1 amide bonds. The Hall–Kier alpha value is -2.19. The van der Waals surface area contributed by atoms with Gasteiger partial charge < -0.3 is 4.90 Å². The van der Waals surface area contributed by atoms with E-state index in [9.17, 15) is 13.2 Å². The second-order valence-electron chi connectivity index (χ2n) is 6.77. The first-order valence-corrected chi connectivity index (χ1v) is 11.2. The lowest BCUT2D eigenvalue weighted by molar-refractivity contribution is 0.0670. The van der Waals surface area contributed by atoms with Crippen molar-refractivity contribution in [3.8, 4) is 0 Å². The summed E-state index contributed by atoms with van der Waals surface area (Å²) in [6.45, 7) is 2.38. The zero-order valence-electron chi connectivity index (χ0n) is 14.9. The van der Waals surface area contributed by atoms with Crippen molar-refractivity contribution < 1.29 is 13.2 Å². The maximum absolute atomic E-state index is 13.1. The molecule has 140 valence electrons. The van der Waals surface area contributed by atoms with Crippen LogP contribution in [0.4, 0.5) is 0 Å². The number of aromatic nitrogens is 2. The molecule has 2 aromatic heterocycles. The van der Waals surface area contributed by atoms with Gasteiger partial charge in [0.25, 0.3) is 5.91 Å². The topological polar surface area (TPSA) is 71.8 Å². The Bertz CT molecular complexity index is 1170. The quantitative estimate of drug-likeness (QED) is 0.604. The van der Waals surface area contributed by atoms with Gasteiger partial charge in [-0.25, -0.2) is 12.9 Å². The number of sulfone groups is 1. The highest BCUT2D eigenvalue weighted by atomic mass is 79.9. The lowest BCUT2D eigenvalue weighted by Gasteiger charge is -2.35. The minimum Gasteiger partial charge on any atom is -0.330 e. The lowest BCUT2D eigenvalue weighted by atomic mass is 9.93. The maximum Gasteiger partial charge on any atom is 0.274 e. The minimum absolute atomic E-state index is 0.155. The summed E-state index contributed by atoms with van der Waals surface area (Å²) in [5.41, 5.74) is 2.91. The minimum atomic E-state index is -3.30. The molecular formula is C19H18BrN3O3S. The number of amides is 1. The number of nitrogens with zero attached hydrogens (tertiary/aromatic N) is 3. The van der Waals surface area contributed by atoms with Gasteiger partial charge in [0.1, 0.15) is 0 Å². The van der Waals surface area contributed by atoms with Crippen LogP contribution in [-0.2, 0) is 16.3 Å². The van der Waals surface area contributed by atoms with Crippen molar-refractivity contribution in [1.29, 1.82) is 0 Å². The number of benzene rings is 1. The SMILES string of the molecule is CC1c2cccc(S(C)(=O)=O)c2CCN1C(=O)c1cc2ccc(Br)cn2n1. The van der Waals surface area contributed by atoms with Crippen LogP contribution in [0.2, 0.25) is 0 Å². The van der Waals surface area contributed by atoms with Crippen LogP contribution in [0.3, 0.4) is 0 Å². The summed E-state index contributed by atoms with van der Waals surface area (Å²) in [5, 5.41) is 4.40. The third-order valence-electron chi connectivity index (χ3n) is 4.99. The fraction of sp³-hybridized carbons (Fsp3) is 0.263. The molecule has 0 spiro atoms. The zero-order chi connectivity index (χ0) is 19.3. The van der Waals surface area contributed by atoms with Crippen LogP contribution in [0.1, 0.15) is 34.6 Å². The second kappa shape index (κ2) is 6.45. The highest BCUT2D eigenvalue weighted by molar-refractivity contribution is 9.10. The van der Waals surface area contributed by atoms with Gasteiger partial charge in [-0.2, -0.15) is 5.10 Å². The molecule has 3 heterocycles. The fourth-order valence-electron chi connectivity index (χ4n) is 3.67. The van der Waals surface area contributed by atoms with E-state index in [-0.39, 0.29) is 11.9 Å². The van der Waals surface area contributed by atoms with E-state index in [1.807, 2.05) is 25.1 Å². The first-order valence-electron chi connectivity index (χ1n) is 8.53. The Labute approximate surface area is 165 Å². The largest absolute Gasteiger partial charge is 0.330 e. The van der Waals surface area contributed by atoms with Crippen LogP contribution in [0, 0.1) is 0 Å². The van der Waals surface area contributed by atoms with E-state index in [1.165, 1.54) is 6.26 Å². The van der Waals surface area contributed by atoms with Crippen LogP contribution in [0.15, 0.2) is 52.0 Å². The van der Waals surface area contributed by atoms with E-state index < -0.39 is 9.84 Å². The van der Waals surface area contributed by atoms with Crippen LogP contribution >= 0.6 is 15.9 Å². The molecule has 1 atom stereocenters. The first kappa shape index (κ1) is 18.2. The normalized spacial score (nSPS) is 17.1. The van der Waals surface area contributed by atoms with E-state index in [0.29, 0.717) is 23.6 Å². The van der Waals surface area contributed by atoms with Crippen molar-refractivity contribution in [2.75, 3.05) is 12.8 Å². The molecule has 3 aromatic rings. The molecule has 1 aliphatic heterocycles. The van der Waals surface area contributed by atoms with Gasteiger partial charge in [0.15, 0.2) is 15.5 Å². The van der Waals surface area contributed by atoms with Gasteiger partial charge >= 0.3 is 0 Å². The molecule has 4 rings (SSSR count). The van der Waals surface area contributed by atoms with Gasteiger partial charge in [-0.1, -0.05) is 12.1 Å². The Balaban J connectivity index is 1.71. The third kappa shape index (κ3) is 3.17. The lowest BCUT2D eigenvalue weighted by Crippen LogP contribution is -2.39. The van der Waals surface area contributed by atoms with Gasteiger partial charge in [-0.3, -0.25) is 4.79 Å². The predicted octanol–water partition coefficient (Wildman–Crippen LogP) is 3.26. The molecule has 0 bridgehead atoms. The van der Waals surface area contributed by atoms with Crippen molar-refractivity contribution in [2.45, 2.75) is 24.3 Å². The molecule has 0 saturated heterocycles. The van der Waals surface area contributed by atoms with Crippen LogP contribution in [-0.4, -0.2) is 41.6 Å². The summed E-state index contributed by atoms with van der Waals surface area (Å²) >= 11 is 3.40. The molecule has 1 aliphatic rings. The summed E-state index contributed by atoms with van der Waals surface area (Å²) in [7, 11) is -3.30. The zero-order valence-corrected chi connectivity index (χ0v) is 17.3. The fourth-order valence-corrected chi connectivity index (χ4v) is 4.99. The summed E-state index contributed by atoms with van der Waals surface area (Å²) in [4.78, 5) is 15.2. The number of carbonyl (C=O) groups is 1. The molecule has 27 heavy (non-hydrogen) atoms. The molecule has 0 fully saturated rings. The molecule has 1 unspecified atom stereocenters. The predicted molar refractivity (Wildman–Crippen MR) is 106 cm³/mol. The van der Waals surface area contributed by atoms with Crippen molar-refractivity contribution in [1.82, 2.24) is 14.5 Å². The molecular weight excluding hydrogens is 430 g/mol. The maximum atomic E-state index is 13.1. The Kier molecular flexibility index (Phi) is 4.35. The Morgan fingerprint density at radius 2 is 2.04 bits per heavy atom. The van der Waals surface area contributed by atoms with Crippen molar-refractivity contribution >= 4 is 37.2 Å². The van der Waals surface area contributed by atoms with Crippen molar-refractivity contribution in [3.05, 3.63) is 63.9 Å². The van der Waals surface area contributed by atoms with E-state index in [4.69, 9.17) is 0 Å². The van der Waals surface area contributed by atoms with Gasteiger partial charge in [0, 0.05) is 23.5 Å². The van der Waals surface area contributed by atoms with E-state index in [1.54, 1.807) is 33.8 Å². The number of hydrogen-bond acceptors (Lipinski definition) is 4. The molecule has 0 radical (unpaired) electrons. The van der Waals surface area contributed by atoms with Gasteiger partial charge in [-0.05, 0) is 64.7 Å². The van der Waals surface area contributed by atoms with Crippen LogP contribution in [0.25, 0.3) is 5.52 Å². The second-order valence-corrected chi connectivity index (χ2v) is 9.67. The third-order valence-corrected chi connectivity index (χ3v) is 6.64. The Morgan fingerprint density at radius 3 is 2.78 bits per heavy atom. The molecule has 0 saturated carbocycles.